The molecule has 0 aromatic heterocycles. The largest absolute Gasteiger partial charge is 0.444 e. The van der Waals surface area contributed by atoms with Crippen molar-refractivity contribution in [3.05, 3.63) is 0 Å². The number of carbonyl (C=O) groups excluding carboxylic acids is 3. The summed E-state index contributed by atoms with van der Waals surface area (Å²) in [5.74, 6) is -0.654. The minimum Gasteiger partial charge on any atom is -0.444 e. The van der Waals surface area contributed by atoms with Gasteiger partial charge in [0.25, 0.3) is 5.91 Å². The summed E-state index contributed by atoms with van der Waals surface area (Å²) in [6, 6.07) is 0. The lowest BCUT2D eigenvalue weighted by Crippen LogP contribution is -2.63. The van der Waals surface area contributed by atoms with Crippen LogP contribution in [0.5, 0.6) is 0 Å². The number of aliphatic hydroxyl groups excluding tert-OH is 1. The van der Waals surface area contributed by atoms with Crippen molar-refractivity contribution >= 4 is 17.9 Å². The molecule has 2 saturated heterocycles. The Kier molecular flexibility index (Phi) is 5.69. The Hall–Kier alpha value is -1.83. The van der Waals surface area contributed by atoms with Gasteiger partial charge in [-0.15, -0.1) is 0 Å². The van der Waals surface area contributed by atoms with Crippen LogP contribution in [0.25, 0.3) is 0 Å². The smallest absolute Gasteiger partial charge is 0.409 e. The van der Waals surface area contributed by atoms with E-state index < -0.39 is 29.9 Å². The highest BCUT2D eigenvalue weighted by Crippen LogP contribution is 2.18. The average molecular weight is 341 g/mol. The van der Waals surface area contributed by atoms with E-state index in [0.717, 1.165) is 19.3 Å². The first-order valence-electron chi connectivity index (χ1n) is 8.45. The zero-order chi connectivity index (χ0) is 17.9. The molecule has 2 atom stereocenters. The molecular weight excluding hydrogens is 314 g/mol. The van der Waals surface area contributed by atoms with Gasteiger partial charge in [-0.3, -0.25) is 14.9 Å². The highest BCUT2D eigenvalue weighted by atomic mass is 16.6. The van der Waals surface area contributed by atoms with E-state index in [4.69, 9.17) is 4.74 Å². The number of nitrogens with zero attached hydrogens (tertiary/aromatic N) is 2. The number of hydrogen-bond acceptors (Lipinski definition) is 5. The summed E-state index contributed by atoms with van der Waals surface area (Å²) in [6.45, 7) is 6.72. The van der Waals surface area contributed by atoms with Crippen molar-refractivity contribution in [3.63, 3.8) is 0 Å². The lowest BCUT2D eigenvalue weighted by atomic mass is 10.1. The standard InChI is InChI=1S/C16H27N3O5/c1-16(2,3)24-15(23)17-13(19-10-5-4-7-11(19)20)12(21)14(22)18-8-6-9-18/h12-13,21H,4-10H2,1-3H3,(H,17,23). The molecule has 0 spiro atoms. The number of hydrogen-bond donors (Lipinski definition) is 2. The monoisotopic (exact) mass is 341 g/mol. The summed E-state index contributed by atoms with van der Waals surface area (Å²) in [5, 5.41) is 13.0. The number of carbonyl (C=O) groups is 3. The van der Waals surface area contributed by atoms with E-state index in [-0.39, 0.29) is 5.91 Å². The minimum absolute atomic E-state index is 0.183. The molecule has 2 rings (SSSR count). The third-order valence-electron chi connectivity index (χ3n) is 4.08. The van der Waals surface area contributed by atoms with Gasteiger partial charge in [0.1, 0.15) is 11.8 Å². The van der Waals surface area contributed by atoms with Gasteiger partial charge in [-0.05, 0) is 40.0 Å². The van der Waals surface area contributed by atoms with Crippen LogP contribution in [0.1, 0.15) is 46.5 Å². The molecule has 0 bridgehead atoms. The predicted octanol–water partition coefficient (Wildman–Crippen LogP) is 0.443. The normalized spacial score (nSPS) is 20.9. The van der Waals surface area contributed by atoms with Crippen LogP contribution in [-0.4, -0.2) is 70.3 Å². The summed E-state index contributed by atoms with van der Waals surface area (Å²) in [5.41, 5.74) is -0.715. The maximum absolute atomic E-state index is 12.3. The first kappa shape index (κ1) is 18.5. The van der Waals surface area contributed by atoms with Gasteiger partial charge < -0.3 is 19.6 Å². The van der Waals surface area contributed by atoms with E-state index in [1.54, 1.807) is 20.8 Å². The van der Waals surface area contributed by atoms with E-state index in [1.807, 2.05) is 0 Å². The van der Waals surface area contributed by atoms with Crippen molar-refractivity contribution < 1.29 is 24.2 Å². The molecule has 24 heavy (non-hydrogen) atoms. The van der Waals surface area contributed by atoms with Gasteiger partial charge in [-0.25, -0.2) is 4.79 Å². The minimum atomic E-state index is -1.50. The van der Waals surface area contributed by atoms with Crippen molar-refractivity contribution in [2.24, 2.45) is 0 Å². The number of nitrogens with one attached hydrogen (secondary N) is 1. The number of likely N-dealkylation sites (tertiary alicyclic amines) is 2. The molecule has 0 saturated carbocycles. The average Bonchev–Trinajstić information content (AvgIpc) is 2.41. The van der Waals surface area contributed by atoms with Gasteiger partial charge in [0.05, 0.1) is 0 Å². The van der Waals surface area contributed by atoms with Crippen LogP contribution in [-0.2, 0) is 14.3 Å². The third kappa shape index (κ3) is 4.59. The molecule has 2 fully saturated rings. The highest BCUT2D eigenvalue weighted by Gasteiger charge is 2.39. The summed E-state index contributed by atoms with van der Waals surface area (Å²) in [6.07, 6.45) is -0.599. The molecule has 3 amide bonds. The Morgan fingerprint density at radius 2 is 1.83 bits per heavy atom. The molecule has 2 aliphatic heterocycles. The molecule has 2 aliphatic rings. The molecule has 2 unspecified atom stereocenters. The van der Waals surface area contributed by atoms with Crippen LogP contribution in [0.2, 0.25) is 0 Å². The summed E-state index contributed by atoms with van der Waals surface area (Å²) < 4.78 is 5.20. The van der Waals surface area contributed by atoms with Gasteiger partial charge in [0, 0.05) is 26.1 Å². The number of rotatable bonds is 4. The summed E-state index contributed by atoms with van der Waals surface area (Å²) >= 11 is 0. The van der Waals surface area contributed by atoms with Gasteiger partial charge in [0.15, 0.2) is 6.10 Å². The zero-order valence-electron chi connectivity index (χ0n) is 14.6. The number of ether oxygens (including phenoxy) is 1. The fourth-order valence-corrected chi connectivity index (χ4v) is 2.74. The maximum atomic E-state index is 12.3. The second-order valence-electron chi connectivity index (χ2n) is 7.26. The maximum Gasteiger partial charge on any atom is 0.409 e. The van der Waals surface area contributed by atoms with Gasteiger partial charge >= 0.3 is 6.09 Å². The molecule has 8 nitrogen and oxygen atoms in total. The van der Waals surface area contributed by atoms with Gasteiger partial charge in [0.2, 0.25) is 5.91 Å². The fourth-order valence-electron chi connectivity index (χ4n) is 2.74. The van der Waals surface area contributed by atoms with Crippen molar-refractivity contribution in [3.8, 4) is 0 Å². The van der Waals surface area contributed by atoms with Crippen LogP contribution in [0, 0.1) is 0 Å². The fraction of sp³-hybridized carbons (Fsp3) is 0.812. The van der Waals surface area contributed by atoms with E-state index in [9.17, 15) is 19.5 Å². The topological polar surface area (TPSA) is 99.2 Å². The Morgan fingerprint density at radius 1 is 1.17 bits per heavy atom. The summed E-state index contributed by atoms with van der Waals surface area (Å²) in [4.78, 5) is 39.5. The SMILES string of the molecule is CC(C)(C)OC(=O)NC(C(O)C(=O)N1CCC1)N1CCCCC1=O. The Bertz CT molecular complexity index is 498. The molecule has 8 heteroatoms. The number of alkyl carbamates (subject to hydrolysis) is 1. The zero-order valence-corrected chi connectivity index (χ0v) is 14.6. The molecule has 2 heterocycles. The predicted molar refractivity (Wildman–Crippen MR) is 85.9 cm³/mol. The number of piperidine rings is 1. The van der Waals surface area contributed by atoms with Gasteiger partial charge in [-0.2, -0.15) is 0 Å². The van der Waals surface area contributed by atoms with E-state index in [0.29, 0.717) is 26.1 Å². The highest BCUT2D eigenvalue weighted by molar-refractivity contribution is 5.85. The molecule has 0 aliphatic carbocycles. The van der Waals surface area contributed by atoms with Crippen LogP contribution in [0.3, 0.4) is 0 Å². The third-order valence-corrected chi connectivity index (χ3v) is 4.08. The summed E-state index contributed by atoms with van der Waals surface area (Å²) in [7, 11) is 0. The van der Waals surface area contributed by atoms with Crippen LogP contribution >= 0.6 is 0 Å². The van der Waals surface area contributed by atoms with Gasteiger partial charge in [-0.1, -0.05) is 0 Å². The number of amides is 3. The van der Waals surface area contributed by atoms with Crippen LogP contribution in [0.15, 0.2) is 0 Å². The molecular formula is C16H27N3O5. The lowest BCUT2D eigenvalue weighted by Gasteiger charge is -2.40. The molecule has 0 radical (unpaired) electrons. The van der Waals surface area contributed by atoms with E-state index in [2.05, 4.69) is 5.32 Å². The lowest BCUT2D eigenvalue weighted by molar-refractivity contribution is -0.153. The molecule has 136 valence electrons. The Morgan fingerprint density at radius 3 is 2.33 bits per heavy atom. The second kappa shape index (κ2) is 7.38. The molecule has 0 aromatic rings. The van der Waals surface area contributed by atoms with Crippen molar-refractivity contribution in [1.29, 1.82) is 0 Å². The number of aliphatic hydroxyl groups is 1. The quantitative estimate of drug-likeness (QED) is 0.773. The first-order valence-corrected chi connectivity index (χ1v) is 8.45. The van der Waals surface area contributed by atoms with Crippen molar-refractivity contribution in [2.75, 3.05) is 19.6 Å². The Balaban J connectivity index is 2.12. The van der Waals surface area contributed by atoms with Crippen LogP contribution in [0.4, 0.5) is 4.79 Å². The Labute approximate surface area is 142 Å². The van der Waals surface area contributed by atoms with Crippen LogP contribution < -0.4 is 5.32 Å². The molecule has 2 N–H and O–H groups in total. The molecule has 0 aromatic carbocycles. The van der Waals surface area contributed by atoms with E-state index in [1.165, 1.54) is 9.80 Å². The van der Waals surface area contributed by atoms with Crippen molar-refractivity contribution in [2.45, 2.75) is 64.3 Å². The van der Waals surface area contributed by atoms with Crippen molar-refractivity contribution in [1.82, 2.24) is 15.1 Å². The second-order valence-corrected chi connectivity index (χ2v) is 7.26. The first-order chi connectivity index (χ1) is 11.2. The van der Waals surface area contributed by atoms with E-state index >= 15 is 0 Å².